The van der Waals surface area contributed by atoms with Gasteiger partial charge < -0.3 is 19.4 Å². The fraction of sp³-hybridized carbons (Fsp3) is 0.500. The highest BCUT2D eigenvalue weighted by atomic mass is 16.6. The van der Waals surface area contributed by atoms with Crippen LogP contribution in [0.25, 0.3) is 0 Å². The van der Waals surface area contributed by atoms with Gasteiger partial charge in [-0.05, 0) is 31.9 Å². The van der Waals surface area contributed by atoms with E-state index in [-0.39, 0.29) is 18.6 Å². The van der Waals surface area contributed by atoms with E-state index in [1.807, 2.05) is 25.1 Å². The van der Waals surface area contributed by atoms with Crippen LogP contribution in [0.2, 0.25) is 0 Å². The number of ether oxygens (including phenoxy) is 2. The molecule has 1 N–H and O–H groups in total. The Hall–Kier alpha value is -2.57. The number of benzene rings is 1. The molecule has 0 bridgehead atoms. The number of fused-ring (bicyclic) bond motifs is 2. The van der Waals surface area contributed by atoms with Crippen molar-refractivity contribution in [2.75, 3.05) is 6.61 Å². The average molecular weight is 342 g/mol. The maximum absolute atomic E-state index is 12.6. The lowest BCUT2D eigenvalue weighted by molar-refractivity contribution is -0.131. The molecule has 132 valence electrons. The van der Waals surface area contributed by atoms with E-state index in [4.69, 9.17) is 9.47 Å². The molecule has 0 spiro atoms. The number of carbonyl (C=O) groups is 1. The van der Waals surface area contributed by atoms with E-state index < -0.39 is 6.10 Å². The number of hydrogen-bond acceptors (Lipinski definition) is 5. The fourth-order valence-corrected chi connectivity index (χ4v) is 3.35. The van der Waals surface area contributed by atoms with Gasteiger partial charge in [0.15, 0.2) is 17.3 Å². The second-order valence-electron chi connectivity index (χ2n) is 6.53. The Bertz CT molecular complexity index is 773. The topological polar surface area (TPSA) is 78.3 Å². The highest BCUT2D eigenvalue weighted by Gasteiger charge is 2.29. The number of para-hydroxylation sites is 2. The van der Waals surface area contributed by atoms with Gasteiger partial charge in [0.25, 0.3) is 5.91 Å². The van der Waals surface area contributed by atoms with E-state index in [0.29, 0.717) is 11.5 Å². The van der Waals surface area contributed by atoms with Gasteiger partial charge in [0, 0.05) is 13.0 Å². The summed E-state index contributed by atoms with van der Waals surface area (Å²) in [5, 5.41) is 11.6. The van der Waals surface area contributed by atoms with Crippen LogP contribution >= 0.6 is 0 Å². The number of rotatable bonds is 3. The van der Waals surface area contributed by atoms with E-state index in [9.17, 15) is 4.79 Å². The third kappa shape index (κ3) is 3.18. The Morgan fingerprint density at radius 3 is 2.96 bits per heavy atom. The lowest BCUT2D eigenvalue weighted by Gasteiger charge is -2.26. The second-order valence-corrected chi connectivity index (χ2v) is 6.53. The van der Waals surface area contributed by atoms with Crippen LogP contribution in [0.1, 0.15) is 43.9 Å². The minimum Gasteiger partial charge on any atom is -0.485 e. The van der Waals surface area contributed by atoms with Crippen LogP contribution in [-0.2, 0) is 17.8 Å². The van der Waals surface area contributed by atoms with Crippen molar-refractivity contribution in [1.82, 2.24) is 20.1 Å². The Morgan fingerprint density at radius 1 is 1.24 bits per heavy atom. The van der Waals surface area contributed by atoms with Crippen LogP contribution in [0.5, 0.6) is 11.5 Å². The third-order valence-electron chi connectivity index (χ3n) is 4.69. The fourth-order valence-electron chi connectivity index (χ4n) is 3.35. The summed E-state index contributed by atoms with van der Waals surface area (Å²) in [7, 11) is 0. The molecule has 2 aliphatic rings. The number of nitrogens with zero attached hydrogens (tertiary/aromatic N) is 3. The molecule has 0 saturated carbocycles. The maximum Gasteiger partial charge on any atom is 0.265 e. The molecule has 7 heteroatoms. The highest BCUT2D eigenvalue weighted by molar-refractivity contribution is 5.82. The molecule has 0 radical (unpaired) electrons. The first-order valence-corrected chi connectivity index (χ1v) is 8.83. The first kappa shape index (κ1) is 15.9. The van der Waals surface area contributed by atoms with Crippen molar-refractivity contribution in [2.24, 2.45) is 0 Å². The normalized spacial score (nSPS) is 20.3. The summed E-state index contributed by atoms with van der Waals surface area (Å²) < 4.78 is 13.5. The second kappa shape index (κ2) is 6.74. The molecule has 0 aliphatic carbocycles. The van der Waals surface area contributed by atoms with E-state index in [0.717, 1.165) is 37.5 Å². The zero-order chi connectivity index (χ0) is 17.2. The molecule has 25 heavy (non-hydrogen) atoms. The van der Waals surface area contributed by atoms with Crippen molar-refractivity contribution in [2.45, 2.75) is 51.3 Å². The number of hydrogen-bond donors (Lipinski definition) is 1. The van der Waals surface area contributed by atoms with E-state index in [1.54, 1.807) is 6.07 Å². The van der Waals surface area contributed by atoms with E-state index in [1.165, 1.54) is 6.42 Å². The quantitative estimate of drug-likeness (QED) is 0.923. The predicted molar refractivity (Wildman–Crippen MR) is 90.5 cm³/mol. The molecule has 7 nitrogen and oxygen atoms in total. The molecule has 2 aromatic rings. The lowest BCUT2D eigenvalue weighted by Crippen LogP contribution is -2.45. The lowest BCUT2D eigenvalue weighted by atomic mass is 10.2. The van der Waals surface area contributed by atoms with Crippen LogP contribution in [-0.4, -0.2) is 33.4 Å². The molecular weight excluding hydrogens is 320 g/mol. The summed E-state index contributed by atoms with van der Waals surface area (Å²) >= 11 is 0. The zero-order valence-electron chi connectivity index (χ0n) is 14.3. The van der Waals surface area contributed by atoms with Crippen molar-refractivity contribution in [3.63, 3.8) is 0 Å². The van der Waals surface area contributed by atoms with Crippen molar-refractivity contribution in [3.05, 3.63) is 35.9 Å². The summed E-state index contributed by atoms with van der Waals surface area (Å²) in [6, 6.07) is 7.14. The third-order valence-corrected chi connectivity index (χ3v) is 4.69. The van der Waals surface area contributed by atoms with Gasteiger partial charge in [0.2, 0.25) is 6.10 Å². The average Bonchev–Trinajstić information content (AvgIpc) is 2.90. The van der Waals surface area contributed by atoms with Gasteiger partial charge in [-0.2, -0.15) is 0 Å². The number of amides is 1. The van der Waals surface area contributed by atoms with Gasteiger partial charge in [0.05, 0.1) is 6.04 Å². The summed E-state index contributed by atoms with van der Waals surface area (Å²) in [5.74, 6) is 2.88. The van der Waals surface area contributed by atoms with Gasteiger partial charge >= 0.3 is 0 Å². The minimum atomic E-state index is -0.663. The summed E-state index contributed by atoms with van der Waals surface area (Å²) in [6.45, 7) is 3.04. The smallest absolute Gasteiger partial charge is 0.265 e. The molecule has 0 unspecified atom stereocenters. The summed E-state index contributed by atoms with van der Waals surface area (Å²) in [6.07, 6.45) is 3.75. The Balaban J connectivity index is 1.44. The molecule has 1 amide bonds. The first-order valence-electron chi connectivity index (χ1n) is 8.83. The largest absolute Gasteiger partial charge is 0.485 e. The van der Waals surface area contributed by atoms with Crippen molar-refractivity contribution >= 4 is 5.91 Å². The SMILES string of the molecule is C[C@H](NC(=O)[C@@H]1COc2ccccc2O1)c1nnc2n1CCCCC2. The molecule has 0 fully saturated rings. The Labute approximate surface area is 146 Å². The standard InChI is InChI=1S/C18H22N4O3/c1-12(17-21-20-16-9-3-2-6-10-22(16)17)19-18(23)15-11-24-13-7-4-5-8-14(13)25-15/h4-5,7-8,12,15H,2-3,6,9-11H2,1H3,(H,19,23)/t12-,15-/m0/s1. The molecule has 1 aromatic carbocycles. The van der Waals surface area contributed by atoms with Crippen LogP contribution < -0.4 is 14.8 Å². The predicted octanol–water partition coefficient (Wildman–Crippen LogP) is 2.02. The molecule has 2 atom stereocenters. The number of carbonyl (C=O) groups excluding carboxylic acids is 1. The van der Waals surface area contributed by atoms with Crippen molar-refractivity contribution < 1.29 is 14.3 Å². The molecule has 0 saturated heterocycles. The zero-order valence-corrected chi connectivity index (χ0v) is 14.3. The molecule has 3 heterocycles. The van der Waals surface area contributed by atoms with Gasteiger partial charge in [-0.1, -0.05) is 18.6 Å². The first-order chi connectivity index (χ1) is 12.2. The van der Waals surface area contributed by atoms with Crippen LogP contribution in [0.15, 0.2) is 24.3 Å². The van der Waals surface area contributed by atoms with E-state index >= 15 is 0 Å². The summed E-state index contributed by atoms with van der Waals surface area (Å²) in [5.41, 5.74) is 0. The van der Waals surface area contributed by atoms with Gasteiger partial charge in [-0.15, -0.1) is 10.2 Å². The van der Waals surface area contributed by atoms with Gasteiger partial charge in [0.1, 0.15) is 12.4 Å². The minimum absolute atomic E-state index is 0.201. The van der Waals surface area contributed by atoms with Crippen molar-refractivity contribution in [1.29, 1.82) is 0 Å². The molecule has 4 rings (SSSR count). The summed E-state index contributed by atoms with van der Waals surface area (Å²) in [4.78, 5) is 12.6. The molecule has 2 aliphatic heterocycles. The maximum atomic E-state index is 12.6. The van der Waals surface area contributed by atoms with Crippen molar-refractivity contribution in [3.8, 4) is 11.5 Å². The number of nitrogens with one attached hydrogen (secondary N) is 1. The Morgan fingerprint density at radius 2 is 2.08 bits per heavy atom. The molecule has 1 aromatic heterocycles. The Kier molecular flexibility index (Phi) is 4.29. The number of aryl methyl sites for hydroxylation is 1. The van der Waals surface area contributed by atoms with Crippen LogP contribution in [0, 0.1) is 0 Å². The monoisotopic (exact) mass is 342 g/mol. The number of aromatic nitrogens is 3. The molecular formula is C18H22N4O3. The van der Waals surface area contributed by atoms with Gasteiger partial charge in [-0.25, -0.2) is 0 Å². The van der Waals surface area contributed by atoms with Gasteiger partial charge in [-0.3, -0.25) is 4.79 Å². The van der Waals surface area contributed by atoms with Crippen LogP contribution in [0.3, 0.4) is 0 Å². The van der Waals surface area contributed by atoms with Crippen LogP contribution in [0.4, 0.5) is 0 Å². The van der Waals surface area contributed by atoms with E-state index in [2.05, 4.69) is 20.1 Å². The highest BCUT2D eigenvalue weighted by Crippen LogP contribution is 2.31.